The van der Waals surface area contributed by atoms with Crippen molar-refractivity contribution < 1.29 is 4.79 Å². The maximum Gasteiger partial charge on any atom is 0.242 e. The summed E-state index contributed by atoms with van der Waals surface area (Å²) in [5.74, 6) is 1.15. The molecule has 6 heteroatoms. The topological polar surface area (TPSA) is 81.9 Å². The van der Waals surface area contributed by atoms with E-state index in [0.717, 1.165) is 0 Å². The Hall–Kier alpha value is -2.16. The number of hydrogen-bond acceptors (Lipinski definition) is 5. The number of aryl methyl sites for hydroxylation is 1. The number of piperazine rings is 1. The van der Waals surface area contributed by atoms with Crippen LogP contribution in [0.1, 0.15) is 24.7 Å². The third kappa shape index (κ3) is 2.12. The molecule has 1 atom stereocenters. The fourth-order valence-corrected chi connectivity index (χ4v) is 2.13. The third-order valence-electron chi connectivity index (χ3n) is 3.00. The Balaban J connectivity index is 2.43. The van der Waals surface area contributed by atoms with Gasteiger partial charge in [0.1, 0.15) is 23.5 Å². The first-order valence-corrected chi connectivity index (χ1v) is 5.95. The number of nitriles is 1. The molecule has 0 aromatic carbocycles. The molecule has 0 saturated carbocycles. The SMILES string of the molecule is CCC1C(=O)NCCN1c1nc(C)ncc1C#N. The number of nitrogens with one attached hydrogen (secondary N) is 1. The average Bonchev–Trinajstić information content (AvgIpc) is 2.38. The highest BCUT2D eigenvalue weighted by Gasteiger charge is 2.30. The van der Waals surface area contributed by atoms with Gasteiger partial charge in [0.15, 0.2) is 5.82 Å². The predicted octanol–water partition coefficient (Wildman–Crippen LogP) is 0.371. The molecule has 94 valence electrons. The Morgan fingerprint density at radius 3 is 3.11 bits per heavy atom. The molecule has 6 nitrogen and oxygen atoms in total. The van der Waals surface area contributed by atoms with Gasteiger partial charge >= 0.3 is 0 Å². The minimum atomic E-state index is -0.264. The number of anilines is 1. The van der Waals surface area contributed by atoms with Crippen molar-refractivity contribution in [3.05, 3.63) is 17.6 Å². The Kier molecular flexibility index (Phi) is 3.42. The number of aromatic nitrogens is 2. The second-order valence-electron chi connectivity index (χ2n) is 4.17. The lowest BCUT2D eigenvalue weighted by molar-refractivity contribution is -0.123. The lowest BCUT2D eigenvalue weighted by atomic mass is 10.1. The zero-order valence-corrected chi connectivity index (χ0v) is 10.5. The molecule has 0 aliphatic carbocycles. The fourth-order valence-electron chi connectivity index (χ4n) is 2.13. The summed E-state index contributed by atoms with van der Waals surface area (Å²) in [5, 5.41) is 11.9. The molecule has 0 bridgehead atoms. The lowest BCUT2D eigenvalue weighted by Gasteiger charge is -2.35. The summed E-state index contributed by atoms with van der Waals surface area (Å²) in [4.78, 5) is 22.0. The van der Waals surface area contributed by atoms with Crippen LogP contribution in [-0.4, -0.2) is 35.0 Å². The number of hydrogen-bond donors (Lipinski definition) is 1. The molecule has 2 heterocycles. The molecule has 1 N–H and O–H groups in total. The maximum absolute atomic E-state index is 11.8. The standard InChI is InChI=1S/C12H15N5O/c1-3-10-12(18)14-4-5-17(10)11-9(6-13)7-15-8(2)16-11/h7,10H,3-5H2,1-2H3,(H,14,18). The summed E-state index contributed by atoms with van der Waals surface area (Å²) < 4.78 is 0. The van der Waals surface area contributed by atoms with Crippen LogP contribution in [0.15, 0.2) is 6.20 Å². The van der Waals surface area contributed by atoms with E-state index in [9.17, 15) is 4.79 Å². The molecule has 1 aromatic heterocycles. The summed E-state index contributed by atoms with van der Waals surface area (Å²) in [5.41, 5.74) is 0.411. The normalized spacial score (nSPS) is 19.3. The Bertz CT molecular complexity index is 508. The predicted molar refractivity (Wildman–Crippen MR) is 65.9 cm³/mol. The number of nitrogens with zero attached hydrogens (tertiary/aromatic N) is 4. The van der Waals surface area contributed by atoms with Gasteiger partial charge in [-0.15, -0.1) is 0 Å². The first kappa shape index (κ1) is 12.3. The number of rotatable bonds is 2. The van der Waals surface area contributed by atoms with Gasteiger partial charge in [-0.05, 0) is 13.3 Å². The first-order chi connectivity index (χ1) is 8.67. The Morgan fingerprint density at radius 2 is 2.44 bits per heavy atom. The quantitative estimate of drug-likeness (QED) is 0.814. The summed E-state index contributed by atoms with van der Waals surface area (Å²) in [6, 6.07) is 1.82. The first-order valence-electron chi connectivity index (χ1n) is 5.95. The molecule has 2 rings (SSSR count). The van der Waals surface area contributed by atoms with Crippen molar-refractivity contribution in [1.29, 1.82) is 5.26 Å². The second kappa shape index (κ2) is 5.00. The Morgan fingerprint density at radius 1 is 1.67 bits per heavy atom. The molecular weight excluding hydrogens is 230 g/mol. The van der Waals surface area contributed by atoms with Crippen LogP contribution < -0.4 is 10.2 Å². The molecule has 0 spiro atoms. The molecule has 18 heavy (non-hydrogen) atoms. The van der Waals surface area contributed by atoms with E-state index in [2.05, 4.69) is 21.4 Å². The third-order valence-corrected chi connectivity index (χ3v) is 3.00. The van der Waals surface area contributed by atoms with E-state index in [4.69, 9.17) is 5.26 Å². The fraction of sp³-hybridized carbons (Fsp3) is 0.500. The molecular formula is C12H15N5O. The van der Waals surface area contributed by atoms with Crippen LogP contribution in [0.25, 0.3) is 0 Å². The lowest BCUT2D eigenvalue weighted by Crippen LogP contribution is -2.55. The van der Waals surface area contributed by atoms with E-state index in [0.29, 0.717) is 36.7 Å². The molecule has 1 aliphatic heterocycles. The van der Waals surface area contributed by atoms with Gasteiger partial charge < -0.3 is 10.2 Å². The van der Waals surface area contributed by atoms with E-state index < -0.39 is 0 Å². The highest BCUT2D eigenvalue weighted by Crippen LogP contribution is 2.21. The molecule has 0 radical (unpaired) electrons. The monoisotopic (exact) mass is 245 g/mol. The zero-order chi connectivity index (χ0) is 13.1. The molecule has 1 amide bonds. The van der Waals surface area contributed by atoms with Crippen LogP contribution in [0.2, 0.25) is 0 Å². The summed E-state index contributed by atoms with van der Waals surface area (Å²) in [7, 11) is 0. The van der Waals surface area contributed by atoms with Gasteiger partial charge in [-0.1, -0.05) is 6.92 Å². The minimum absolute atomic E-state index is 0.0103. The minimum Gasteiger partial charge on any atom is -0.353 e. The van der Waals surface area contributed by atoms with Crippen LogP contribution in [-0.2, 0) is 4.79 Å². The number of amides is 1. The highest BCUT2D eigenvalue weighted by molar-refractivity contribution is 5.86. The van der Waals surface area contributed by atoms with E-state index in [-0.39, 0.29) is 11.9 Å². The van der Waals surface area contributed by atoms with Crippen LogP contribution in [0.3, 0.4) is 0 Å². The van der Waals surface area contributed by atoms with Crippen LogP contribution >= 0.6 is 0 Å². The summed E-state index contributed by atoms with van der Waals surface area (Å²) in [6.07, 6.45) is 2.19. The highest BCUT2D eigenvalue weighted by atomic mass is 16.2. The smallest absolute Gasteiger partial charge is 0.242 e. The molecule has 1 fully saturated rings. The van der Waals surface area contributed by atoms with Gasteiger partial charge in [-0.25, -0.2) is 9.97 Å². The van der Waals surface area contributed by atoms with Gasteiger partial charge in [0.2, 0.25) is 5.91 Å². The molecule has 1 aliphatic rings. The van der Waals surface area contributed by atoms with E-state index in [1.807, 2.05) is 11.8 Å². The number of carbonyl (C=O) groups is 1. The van der Waals surface area contributed by atoms with Crippen molar-refractivity contribution in [1.82, 2.24) is 15.3 Å². The molecule has 1 unspecified atom stereocenters. The van der Waals surface area contributed by atoms with Gasteiger partial charge in [0.25, 0.3) is 0 Å². The number of carbonyl (C=O) groups excluding carboxylic acids is 1. The van der Waals surface area contributed by atoms with Crippen molar-refractivity contribution in [3.8, 4) is 6.07 Å². The average molecular weight is 245 g/mol. The van der Waals surface area contributed by atoms with E-state index >= 15 is 0 Å². The maximum atomic E-state index is 11.8. The van der Waals surface area contributed by atoms with Gasteiger partial charge in [0.05, 0.1) is 6.20 Å². The summed E-state index contributed by atoms with van der Waals surface area (Å²) in [6.45, 7) is 4.96. The summed E-state index contributed by atoms with van der Waals surface area (Å²) >= 11 is 0. The van der Waals surface area contributed by atoms with Crippen LogP contribution in [0, 0.1) is 18.3 Å². The Labute approximate surface area is 106 Å². The largest absolute Gasteiger partial charge is 0.353 e. The van der Waals surface area contributed by atoms with Gasteiger partial charge in [0, 0.05) is 13.1 Å². The zero-order valence-electron chi connectivity index (χ0n) is 10.5. The van der Waals surface area contributed by atoms with Crippen molar-refractivity contribution >= 4 is 11.7 Å². The second-order valence-corrected chi connectivity index (χ2v) is 4.17. The van der Waals surface area contributed by atoms with Crippen molar-refractivity contribution in [2.24, 2.45) is 0 Å². The van der Waals surface area contributed by atoms with Gasteiger partial charge in [-0.3, -0.25) is 4.79 Å². The van der Waals surface area contributed by atoms with Crippen molar-refractivity contribution in [3.63, 3.8) is 0 Å². The van der Waals surface area contributed by atoms with Crippen LogP contribution in [0.4, 0.5) is 5.82 Å². The van der Waals surface area contributed by atoms with E-state index in [1.54, 1.807) is 6.92 Å². The molecule has 1 aromatic rings. The van der Waals surface area contributed by atoms with Crippen LogP contribution in [0.5, 0.6) is 0 Å². The molecule has 1 saturated heterocycles. The van der Waals surface area contributed by atoms with Crippen molar-refractivity contribution in [2.75, 3.05) is 18.0 Å². The van der Waals surface area contributed by atoms with Crippen molar-refractivity contribution in [2.45, 2.75) is 26.3 Å². The van der Waals surface area contributed by atoms with E-state index in [1.165, 1.54) is 6.20 Å². The van der Waals surface area contributed by atoms with Gasteiger partial charge in [-0.2, -0.15) is 5.26 Å².